The highest BCUT2D eigenvalue weighted by molar-refractivity contribution is 7.99. The number of halogens is 1. The van der Waals surface area contributed by atoms with Crippen LogP contribution in [0.4, 0.5) is 0 Å². The van der Waals surface area contributed by atoms with E-state index in [1.807, 2.05) is 60.0 Å². The molecule has 0 spiro atoms. The monoisotopic (exact) mass is 413 g/mol. The van der Waals surface area contributed by atoms with Crippen molar-refractivity contribution in [2.45, 2.75) is 11.2 Å². The van der Waals surface area contributed by atoms with Crippen LogP contribution in [0.1, 0.15) is 16.5 Å². The van der Waals surface area contributed by atoms with Crippen molar-refractivity contribution < 1.29 is 4.79 Å². The van der Waals surface area contributed by atoms with Crippen LogP contribution in [0.25, 0.3) is 11.0 Å². The lowest BCUT2D eigenvalue weighted by Gasteiger charge is -2.17. The van der Waals surface area contributed by atoms with Crippen molar-refractivity contribution in [3.63, 3.8) is 0 Å². The summed E-state index contributed by atoms with van der Waals surface area (Å²) in [4.78, 5) is 21.4. The Balaban J connectivity index is 1.45. The normalized spacial score (nSPS) is 12.2. The van der Waals surface area contributed by atoms with E-state index in [-0.39, 0.29) is 17.7 Å². The first kappa shape index (κ1) is 18.1. The van der Waals surface area contributed by atoms with Crippen molar-refractivity contribution in [1.82, 2.24) is 15.3 Å². The number of thiophene rings is 1. The van der Waals surface area contributed by atoms with Gasteiger partial charge in [-0.1, -0.05) is 59.8 Å². The molecule has 1 unspecified atom stereocenters. The van der Waals surface area contributed by atoms with Crippen LogP contribution in [0, 0.1) is 0 Å². The predicted molar refractivity (Wildman–Crippen MR) is 113 cm³/mol. The number of amides is 1. The van der Waals surface area contributed by atoms with Gasteiger partial charge in [0.2, 0.25) is 5.91 Å². The largest absolute Gasteiger partial charge is 0.344 e. The number of hydrogen-bond donors (Lipinski definition) is 2. The Hall–Kier alpha value is -2.28. The highest BCUT2D eigenvalue weighted by atomic mass is 35.5. The standard InChI is InChI=1S/C20H16ClN3OS2/c21-14-8-9-15-16(11-14)23-20(22-15)27-12-18(25)24-19(17-7-4-10-26-17)13-5-2-1-3-6-13/h1-11,19H,12H2,(H,22,23)(H,24,25). The molecule has 0 aliphatic carbocycles. The number of aromatic amines is 1. The molecule has 7 heteroatoms. The van der Waals surface area contributed by atoms with Crippen LogP contribution < -0.4 is 5.32 Å². The van der Waals surface area contributed by atoms with Crippen molar-refractivity contribution in [2.75, 3.05) is 5.75 Å². The summed E-state index contributed by atoms with van der Waals surface area (Å²) in [7, 11) is 0. The fourth-order valence-electron chi connectivity index (χ4n) is 2.78. The predicted octanol–water partition coefficient (Wildman–Crippen LogP) is 5.28. The lowest BCUT2D eigenvalue weighted by molar-refractivity contribution is -0.119. The average Bonchev–Trinajstić information content (AvgIpc) is 3.34. The van der Waals surface area contributed by atoms with Crippen molar-refractivity contribution in [3.8, 4) is 0 Å². The molecule has 0 saturated heterocycles. The van der Waals surface area contributed by atoms with Gasteiger partial charge in [-0.15, -0.1) is 11.3 Å². The van der Waals surface area contributed by atoms with Gasteiger partial charge in [0.15, 0.2) is 5.16 Å². The zero-order valence-corrected chi connectivity index (χ0v) is 16.6. The van der Waals surface area contributed by atoms with Crippen LogP contribution in [-0.4, -0.2) is 21.6 Å². The van der Waals surface area contributed by atoms with Gasteiger partial charge in [-0.3, -0.25) is 4.79 Å². The van der Waals surface area contributed by atoms with E-state index in [0.717, 1.165) is 21.5 Å². The number of imidazole rings is 1. The first-order valence-electron chi connectivity index (χ1n) is 8.35. The molecule has 1 atom stereocenters. The molecule has 4 rings (SSSR count). The number of nitrogens with zero attached hydrogens (tertiary/aromatic N) is 1. The van der Waals surface area contributed by atoms with Gasteiger partial charge in [0.25, 0.3) is 0 Å². The lowest BCUT2D eigenvalue weighted by Crippen LogP contribution is -2.30. The third-order valence-electron chi connectivity index (χ3n) is 4.03. The molecule has 2 aromatic carbocycles. The second-order valence-electron chi connectivity index (χ2n) is 5.92. The van der Waals surface area contributed by atoms with Gasteiger partial charge in [0.05, 0.1) is 22.8 Å². The molecule has 2 aromatic heterocycles. The molecule has 0 aliphatic rings. The van der Waals surface area contributed by atoms with Gasteiger partial charge in [-0.05, 0) is 35.2 Å². The van der Waals surface area contributed by atoms with E-state index in [0.29, 0.717) is 10.2 Å². The van der Waals surface area contributed by atoms with E-state index in [4.69, 9.17) is 11.6 Å². The summed E-state index contributed by atoms with van der Waals surface area (Å²) in [5.74, 6) is 0.239. The summed E-state index contributed by atoms with van der Waals surface area (Å²) in [6.07, 6.45) is 0. The first-order chi connectivity index (χ1) is 13.2. The number of H-pyrrole nitrogens is 1. The van der Waals surface area contributed by atoms with Crippen molar-refractivity contribution >= 4 is 51.6 Å². The lowest BCUT2D eigenvalue weighted by atomic mass is 10.1. The quantitative estimate of drug-likeness (QED) is 0.423. The Morgan fingerprint density at radius 1 is 1.19 bits per heavy atom. The molecule has 4 aromatic rings. The maximum atomic E-state index is 12.6. The minimum absolute atomic E-state index is 0.0410. The number of carbonyl (C=O) groups excluding carboxylic acids is 1. The molecule has 1 amide bonds. The van der Waals surface area contributed by atoms with Gasteiger partial charge >= 0.3 is 0 Å². The van der Waals surface area contributed by atoms with E-state index >= 15 is 0 Å². The summed E-state index contributed by atoms with van der Waals surface area (Å²) in [5.41, 5.74) is 2.77. The Bertz CT molecular complexity index is 1050. The molecule has 0 bridgehead atoms. The maximum absolute atomic E-state index is 12.6. The van der Waals surface area contributed by atoms with E-state index < -0.39 is 0 Å². The molecule has 136 valence electrons. The molecule has 0 radical (unpaired) electrons. The second-order valence-corrected chi connectivity index (χ2v) is 8.30. The van der Waals surface area contributed by atoms with Gasteiger partial charge in [0.1, 0.15) is 0 Å². The Labute approximate surface area is 170 Å². The molecular formula is C20H16ClN3OS2. The van der Waals surface area contributed by atoms with Crippen LogP contribution in [0.2, 0.25) is 5.02 Å². The number of nitrogens with one attached hydrogen (secondary N) is 2. The minimum atomic E-state index is -0.145. The Kier molecular flexibility index (Phi) is 5.48. The molecule has 0 saturated carbocycles. The molecule has 2 N–H and O–H groups in total. The average molecular weight is 414 g/mol. The van der Waals surface area contributed by atoms with Crippen LogP contribution >= 0.6 is 34.7 Å². The number of thioether (sulfide) groups is 1. The molecule has 0 aliphatic heterocycles. The SMILES string of the molecule is O=C(CSc1nc2ccc(Cl)cc2[nH]1)NC(c1ccccc1)c1cccs1. The molecule has 0 fully saturated rings. The van der Waals surface area contributed by atoms with E-state index in [9.17, 15) is 4.79 Å². The van der Waals surface area contributed by atoms with Crippen LogP contribution in [0.5, 0.6) is 0 Å². The van der Waals surface area contributed by atoms with Gasteiger partial charge < -0.3 is 10.3 Å². The minimum Gasteiger partial charge on any atom is -0.344 e. The number of hydrogen-bond acceptors (Lipinski definition) is 4. The number of rotatable bonds is 6. The maximum Gasteiger partial charge on any atom is 0.231 e. The molecular weight excluding hydrogens is 398 g/mol. The van der Waals surface area contributed by atoms with Gasteiger partial charge in [-0.25, -0.2) is 4.98 Å². The van der Waals surface area contributed by atoms with E-state index in [1.54, 1.807) is 17.4 Å². The third-order valence-corrected chi connectivity index (χ3v) is 6.07. The van der Waals surface area contributed by atoms with Crippen LogP contribution in [0.3, 0.4) is 0 Å². The van der Waals surface area contributed by atoms with Crippen molar-refractivity contribution in [3.05, 3.63) is 81.5 Å². The van der Waals surface area contributed by atoms with E-state index in [1.165, 1.54) is 11.8 Å². The first-order valence-corrected chi connectivity index (χ1v) is 10.6. The van der Waals surface area contributed by atoms with Crippen molar-refractivity contribution in [1.29, 1.82) is 0 Å². The van der Waals surface area contributed by atoms with E-state index in [2.05, 4.69) is 15.3 Å². The van der Waals surface area contributed by atoms with Crippen LogP contribution in [0.15, 0.2) is 71.2 Å². The third kappa shape index (κ3) is 4.35. The molecule has 2 heterocycles. The molecule has 4 nitrogen and oxygen atoms in total. The summed E-state index contributed by atoms with van der Waals surface area (Å²) < 4.78 is 0. The Morgan fingerprint density at radius 3 is 2.81 bits per heavy atom. The number of fused-ring (bicyclic) bond motifs is 1. The topological polar surface area (TPSA) is 57.8 Å². The summed E-state index contributed by atoms with van der Waals surface area (Å²) in [6, 6.07) is 19.4. The smallest absolute Gasteiger partial charge is 0.231 e. The van der Waals surface area contributed by atoms with Gasteiger partial charge in [-0.2, -0.15) is 0 Å². The summed E-state index contributed by atoms with van der Waals surface area (Å²) in [6.45, 7) is 0. The van der Waals surface area contributed by atoms with Crippen molar-refractivity contribution in [2.24, 2.45) is 0 Å². The Morgan fingerprint density at radius 2 is 2.04 bits per heavy atom. The summed E-state index contributed by atoms with van der Waals surface area (Å²) >= 11 is 9.01. The number of aromatic nitrogens is 2. The highest BCUT2D eigenvalue weighted by Crippen LogP contribution is 2.27. The zero-order chi connectivity index (χ0) is 18.6. The fraction of sp³-hybridized carbons (Fsp3) is 0.100. The fourth-order valence-corrected chi connectivity index (χ4v) is 4.45. The number of benzene rings is 2. The zero-order valence-electron chi connectivity index (χ0n) is 14.2. The van der Waals surface area contributed by atoms with Crippen LogP contribution in [-0.2, 0) is 4.79 Å². The second kappa shape index (κ2) is 8.17. The molecule has 27 heavy (non-hydrogen) atoms. The van der Waals surface area contributed by atoms with Gasteiger partial charge in [0, 0.05) is 9.90 Å². The highest BCUT2D eigenvalue weighted by Gasteiger charge is 2.18. The number of carbonyl (C=O) groups is 1. The summed E-state index contributed by atoms with van der Waals surface area (Å²) in [5, 5.41) is 6.51.